The Morgan fingerprint density at radius 2 is 2.00 bits per heavy atom. The normalized spacial score (nSPS) is 15.6. The molecule has 2 aromatic rings. The summed E-state index contributed by atoms with van der Waals surface area (Å²) in [7, 11) is 1.69. The van der Waals surface area contributed by atoms with Gasteiger partial charge in [-0.15, -0.1) is 0 Å². The molecule has 5 nitrogen and oxygen atoms in total. The van der Waals surface area contributed by atoms with Gasteiger partial charge in [0.25, 0.3) is 5.91 Å². The third-order valence-electron chi connectivity index (χ3n) is 3.72. The second-order valence-electron chi connectivity index (χ2n) is 5.64. The molecule has 2 aromatic carbocycles. The summed E-state index contributed by atoms with van der Waals surface area (Å²) < 4.78 is 17.0. The topological polar surface area (TPSA) is 48.0 Å². The molecule has 0 saturated heterocycles. The molecule has 0 N–H and O–H groups in total. The van der Waals surface area contributed by atoms with Gasteiger partial charge in [0.05, 0.1) is 11.6 Å². The van der Waals surface area contributed by atoms with Crippen LogP contribution in [0.4, 0.5) is 0 Å². The van der Waals surface area contributed by atoms with Gasteiger partial charge in [-0.05, 0) is 24.3 Å². The van der Waals surface area contributed by atoms with E-state index in [2.05, 4.69) is 0 Å². The van der Waals surface area contributed by atoms with Gasteiger partial charge in [0.2, 0.25) is 0 Å². The number of hydrogen-bond donors (Lipinski definition) is 0. The van der Waals surface area contributed by atoms with Crippen molar-refractivity contribution in [2.24, 2.45) is 0 Å². The molecule has 0 aromatic heterocycles. The van der Waals surface area contributed by atoms with E-state index in [-0.39, 0.29) is 18.6 Å². The highest BCUT2D eigenvalue weighted by molar-refractivity contribution is 6.34. The number of halogens is 2. The number of carbonyl (C=O) groups excluding carboxylic acids is 1. The zero-order valence-corrected chi connectivity index (χ0v) is 15.1. The number of ether oxygens (including phenoxy) is 3. The Hall–Kier alpha value is -2.11. The molecule has 1 aliphatic heterocycles. The summed E-state index contributed by atoms with van der Waals surface area (Å²) in [6.07, 6.45) is -0.237. The van der Waals surface area contributed by atoms with E-state index in [1.54, 1.807) is 30.1 Å². The van der Waals surface area contributed by atoms with Crippen molar-refractivity contribution in [2.75, 3.05) is 26.8 Å². The van der Waals surface area contributed by atoms with Crippen molar-refractivity contribution in [2.45, 2.75) is 6.10 Å². The molecule has 0 unspecified atom stereocenters. The quantitative estimate of drug-likeness (QED) is 0.792. The molecule has 0 aliphatic carbocycles. The van der Waals surface area contributed by atoms with Crippen molar-refractivity contribution in [1.82, 2.24) is 4.90 Å². The number of para-hydroxylation sites is 2. The van der Waals surface area contributed by atoms with E-state index < -0.39 is 0 Å². The molecule has 0 fully saturated rings. The Kier molecular flexibility index (Phi) is 5.56. The van der Waals surface area contributed by atoms with Gasteiger partial charge >= 0.3 is 0 Å². The van der Waals surface area contributed by atoms with Crippen molar-refractivity contribution in [1.29, 1.82) is 0 Å². The number of rotatable bonds is 5. The minimum atomic E-state index is -0.237. The first-order valence-electron chi connectivity index (χ1n) is 7.73. The average molecular weight is 382 g/mol. The fraction of sp³-hybridized carbons (Fsp3) is 0.278. The highest BCUT2D eigenvalue weighted by Gasteiger charge is 2.24. The van der Waals surface area contributed by atoms with Crippen LogP contribution in [-0.4, -0.2) is 43.7 Å². The van der Waals surface area contributed by atoms with E-state index in [9.17, 15) is 4.79 Å². The van der Waals surface area contributed by atoms with Crippen LogP contribution in [0.2, 0.25) is 10.0 Å². The maximum atomic E-state index is 12.3. The molecule has 0 spiro atoms. The number of benzene rings is 2. The molecule has 0 saturated carbocycles. The highest BCUT2D eigenvalue weighted by atomic mass is 35.5. The summed E-state index contributed by atoms with van der Waals surface area (Å²) in [5, 5.41) is 0.895. The number of hydrogen-bond acceptors (Lipinski definition) is 4. The van der Waals surface area contributed by atoms with Crippen LogP contribution in [0.15, 0.2) is 42.5 Å². The molecule has 7 heteroatoms. The van der Waals surface area contributed by atoms with Crippen LogP contribution >= 0.6 is 23.2 Å². The third kappa shape index (κ3) is 4.50. The minimum absolute atomic E-state index is 0.138. The lowest BCUT2D eigenvalue weighted by Gasteiger charge is -2.29. The van der Waals surface area contributed by atoms with Crippen molar-refractivity contribution >= 4 is 29.1 Å². The van der Waals surface area contributed by atoms with Crippen molar-refractivity contribution in [3.63, 3.8) is 0 Å². The Balaban J connectivity index is 1.52. The summed E-state index contributed by atoms with van der Waals surface area (Å²) in [6.45, 7) is 0.635. The van der Waals surface area contributed by atoms with Crippen molar-refractivity contribution < 1.29 is 19.0 Å². The number of carbonyl (C=O) groups is 1. The Morgan fingerprint density at radius 3 is 2.80 bits per heavy atom. The second kappa shape index (κ2) is 7.85. The molecule has 132 valence electrons. The fourth-order valence-corrected chi connectivity index (χ4v) is 2.73. The van der Waals surface area contributed by atoms with Gasteiger partial charge < -0.3 is 19.1 Å². The number of amides is 1. The van der Waals surface area contributed by atoms with Gasteiger partial charge in [-0.25, -0.2) is 0 Å². The zero-order valence-electron chi connectivity index (χ0n) is 13.6. The SMILES string of the molecule is CN(C[C@H]1COc2ccccc2O1)C(=O)COc1cc(Cl)ccc1Cl. The monoisotopic (exact) mass is 381 g/mol. The van der Waals surface area contributed by atoms with Gasteiger partial charge in [0.15, 0.2) is 24.2 Å². The van der Waals surface area contributed by atoms with Gasteiger partial charge in [-0.3, -0.25) is 4.79 Å². The Labute approximate surface area is 156 Å². The molecule has 1 aliphatic rings. The first kappa shape index (κ1) is 17.7. The van der Waals surface area contributed by atoms with E-state index in [1.165, 1.54) is 0 Å². The summed E-state index contributed by atoms with van der Waals surface area (Å²) in [6, 6.07) is 12.3. The molecule has 25 heavy (non-hydrogen) atoms. The van der Waals surface area contributed by atoms with Crippen LogP contribution in [0, 0.1) is 0 Å². The maximum absolute atomic E-state index is 12.3. The first-order valence-corrected chi connectivity index (χ1v) is 8.49. The molecule has 1 amide bonds. The molecular weight excluding hydrogens is 365 g/mol. The van der Waals surface area contributed by atoms with Crippen LogP contribution in [-0.2, 0) is 4.79 Å². The van der Waals surface area contributed by atoms with Crippen LogP contribution < -0.4 is 14.2 Å². The zero-order chi connectivity index (χ0) is 17.8. The fourth-order valence-electron chi connectivity index (χ4n) is 2.40. The van der Waals surface area contributed by atoms with Gasteiger partial charge in [-0.2, -0.15) is 0 Å². The van der Waals surface area contributed by atoms with Crippen LogP contribution in [0.3, 0.4) is 0 Å². The first-order chi connectivity index (χ1) is 12.0. The standard InChI is InChI=1S/C18H17Cl2NO4/c1-21(9-13-10-23-15-4-2-3-5-16(15)25-13)18(22)11-24-17-8-12(19)6-7-14(17)20/h2-8,13H,9-11H2,1H3/t13-/m0/s1. The molecule has 3 rings (SSSR count). The summed E-state index contributed by atoms with van der Waals surface area (Å²) in [4.78, 5) is 13.8. The van der Waals surface area contributed by atoms with Crippen LogP contribution in [0.1, 0.15) is 0 Å². The lowest BCUT2D eigenvalue weighted by molar-refractivity contribution is -0.133. The van der Waals surface area contributed by atoms with E-state index in [0.29, 0.717) is 40.4 Å². The van der Waals surface area contributed by atoms with E-state index >= 15 is 0 Å². The predicted octanol–water partition coefficient (Wildman–Crippen LogP) is 3.67. The number of likely N-dealkylation sites (N-methyl/N-ethyl adjacent to an activating group) is 1. The predicted molar refractivity (Wildman–Crippen MR) is 95.9 cm³/mol. The summed E-state index contributed by atoms with van der Waals surface area (Å²) >= 11 is 11.9. The minimum Gasteiger partial charge on any atom is -0.486 e. The maximum Gasteiger partial charge on any atom is 0.260 e. The van der Waals surface area contributed by atoms with Gasteiger partial charge in [0, 0.05) is 18.1 Å². The van der Waals surface area contributed by atoms with Crippen LogP contribution in [0.25, 0.3) is 0 Å². The second-order valence-corrected chi connectivity index (χ2v) is 6.48. The van der Waals surface area contributed by atoms with Crippen molar-refractivity contribution in [3.8, 4) is 17.2 Å². The molecule has 0 radical (unpaired) electrons. The molecule has 1 atom stereocenters. The highest BCUT2D eigenvalue weighted by Crippen LogP contribution is 2.31. The Bertz CT molecular complexity index is 768. The number of fused-ring (bicyclic) bond motifs is 1. The summed E-state index contributed by atoms with van der Waals surface area (Å²) in [5.41, 5.74) is 0. The average Bonchev–Trinajstić information content (AvgIpc) is 2.62. The van der Waals surface area contributed by atoms with E-state index in [1.807, 2.05) is 24.3 Å². The van der Waals surface area contributed by atoms with Crippen LogP contribution in [0.5, 0.6) is 17.2 Å². The third-order valence-corrected chi connectivity index (χ3v) is 4.26. The lowest BCUT2D eigenvalue weighted by Crippen LogP contribution is -2.43. The number of nitrogens with zero attached hydrogens (tertiary/aromatic N) is 1. The van der Waals surface area contributed by atoms with Gasteiger partial charge in [-0.1, -0.05) is 35.3 Å². The smallest absolute Gasteiger partial charge is 0.260 e. The molecule has 0 bridgehead atoms. The largest absolute Gasteiger partial charge is 0.486 e. The summed E-state index contributed by atoms with van der Waals surface area (Å²) in [5.74, 6) is 1.58. The Morgan fingerprint density at radius 1 is 1.24 bits per heavy atom. The van der Waals surface area contributed by atoms with E-state index in [4.69, 9.17) is 37.4 Å². The van der Waals surface area contributed by atoms with Crippen molar-refractivity contribution in [3.05, 3.63) is 52.5 Å². The molecule has 1 heterocycles. The van der Waals surface area contributed by atoms with Gasteiger partial charge in [0.1, 0.15) is 12.4 Å². The van der Waals surface area contributed by atoms with E-state index in [0.717, 1.165) is 0 Å². The lowest BCUT2D eigenvalue weighted by atomic mass is 10.2. The molecular formula is C18H17Cl2NO4.